The van der Waals surface area contributed by atoms with E-state index in [1.54, 1.807) is 0 Å². The molecule has 0 fully saturated rings. The largest absolute Gasteiger partial charge is 0.454 e. The van der Waals surface area contributed by atoms with Crippen LogP contribution in [-0.4, -0.2) is 6.85 Å². The van der Waals surface area contributed by atoms with Crippen molar-refractivity contribution in [3.05, 3.63) is 175 Å². The minimum Gasteiger partial charge on any atom is -0.454 e. The van der Waals surface area contributed by atoms with Crippen molar-refractivity contribution in [3.8, 4) is 22.3 Å². The van der Waals surface area contributed by atoms with E-state index in [2.05, 4.69) is 186 Å². The molecule has 57 heavy (non-hydrogen) atoms. The summed E-state index contributed by atoms with van der Waals surface area (Å²) >= 11 is 1.88. The zero-order chi connectivity index (χ0) is 37.6. The molecule has 270 valence electrons. The number of nitrogens with zero attached hydrogens (tertiary/aromatic N) is 2. The van der Waals surface area contributed by atoms with Crippen LogP contribution in [0.3, 0.4) is 0 Å². The Morgan fingerprint density at radius 1 is 0.561 bits per heavy atom. The van der Waals surface area contributed by atoms with Crippen LogP contribution in [0.15, 0.2) is 174 Å². The van der Waals surface area contributed by atoms with Gasteiger partial charge < -0.3 is 14.1 Å². The zero-order valence-corrected chi connectivity index (χ0v) is 32.4. The van der Waals surface area contributed by atoms with Crippen molar-refractivity contribution >= 4 is 99.7 Å². The third kappa shape index (κ3) is 4.85. The number of thiophene rings is 1. The molecule has 12 rings (SSSR count). The van der Waals surface area contributed by atoms with Crippen LogP contribution in [-0.2, 0) is 6.42 Å². The van der Waals surface area contributed by atoms with Gasteiger partial charge in [-0.2, -0.15) is 0 Å². The Morgan fingerprint density at radius 3 is 2.18 bits per heavy atom. The molecule has 2 aliphatic heterocycles. The van der Waals surface area contributed by atoms with Crippen molar-refractivity contribution in [2.45, 2.75) is 26.2 Å². The van der Waals surface area contributed by atoms with Crippen molar-refractivity contribution in [1.82, 2.24) is 0 Å². The van der Waals surface area contributed by atoms with E-state index in [4.69, 9.17) is 4.42 Å². The van der Waals surface area contributed by atoms with Gasteiger partial charge in [0.05, 0.1) is 11.4 Å². The van der Waals surface area contributed by atoms with Crippen molar-refractivity contribution in [2.24, 2.45) is 0 Å². The first kappa shape index (κ1) is 32.7. The van der Waals surface area contributed by atoms with Crippen molar-refractivity contribution in [2.75, 3.05) is 9.71 Å². The Hall–Kier alpha value is -6.56. The summed E-state index contributed by atoms with van der Waals surface area (Å²) in [5, 5.41) is 4.88. The number of fused-ring (bicyclic) bond motifs is 11. The summed E-state index contributed by atoms with van der Waals surface area (Å²) in [6.07, 6.45) is 3.37. The number of hydrogen-bond donors (Lipinski definition) is 0. The molecule has 2 aliphatic rings. The van der Waals surface area contributed by atoms with Gasteiger partial charge in [-0.05, 0) is 95.1 Å². The minimum absolute atomic E-state index is 0.122. The van der Waals surface area contributed by atoms with Crippen LogP contribution in [0.2, 0.25) is 0 Å². The molecule has 0 saturated carbocycles. The third-order valence-corrected chi connectivity index (χ3v) is 13.3. The van der Waals surface area contributed by atoms with Gasteiger partial charge in [-0.1, -0.05) is 129 Å². The molecule has 5 heteroatoms. The summed E-state index contributed by atoms with van der Waals surface area (Å²) in [6, 6.07) is 62.9. The topological polar surface area (TPSA) is 19.6 Å². The molecule has 0 radical (unpaired) electrons. The van der Waals surface area contributed by atoms with E-state index in [9.17, 15) is 0 Å². The van der Waals surface area contributed by atoms with E-state index in [1.807, 2.05) is 11.3 Å². The first-order chi connectivity index (χ1) is 28.2. The lowest BCUT2D eigenvalue weighted by Crippen LogP contribution is -2.61. The summed E-state index contributed by atoms with van der Waals surface area (Å²) < 4.78 is 9.70. The zero-order valence-electron chi connectivity index (χ0n) is 31.6. The summed E-state index contributed by atoms with van der Waals surface area (Å²) in [4.78, 5) is 5.15. The van der Waals surface area contributed by atoms with Gasteiger partial charge >= 0.3 is 6.85 Å². The molecule has 3 nitrogen and oxygen atoms in total. The van der Waals surface area contributed by atoms with Crippen LogP contribution < -0.4 is 20.6 Å². The predicted molar refractivity (Wildman–Crippen MR) is 244 cm³/mol. The van der Waals surface area contributed by atoms with Gasteiger partial charge in [-0.15, -0.1) is 11.3 Å². The standard InChI is InChI=1S/C52H37BN2OS/c1-2-3-16-33-27-28-44(39(29-33)34-17-6-4-7-18-34)54-46-32-49-40(38-23-12-15-26-48(38)57-49)31-43(46)53-50-41(30-42-37-22-11-14-25-47(37)56-52(42)51(50)54)36-21-10-13-24-45(36)55(53)35-19-8-5-9-20-35/h4-15,17-32H,2-3,16H2,1H3. The highest BCUT2D eigenvalue weighted by Crippen LogP contribution is 2.53. The Kier molecular flexibility index (Phi) is 7.30. The van der Waals surface area contributed by atoms with Crippen LogP contribution >= 0.6 is 11.3 Å². The molecule has 0 bridgehead atoms. The van der Waals surface area contributed by atoms with Gasteiger partial charge in [0.25, 0.3) is 0 Å². The molecule has 0 amide bonds. The molecule has 0 spiro atoms. The Labute approximate surface area is 336 Å². The number of furan rings is 1. The van der Waals surface area contributed by atoms with Crippen LogP contribution in [0.1, 0.15) is 25.3 Å². The van der Waals surface area contributed by atoms with Crippen LogP contribution in [0.4, 0.5) is 28.4 Å². The number of para-hydroxylation sites is 3. The molecular weight excluding hydrogens is 711 g/mol. The molecule has 8 aromatic carbocycles. The number of benzene rings is 8. The van der Waals surface area contributed by atoms with Gasteiger partial charge in [-0.25, -0.2) is 0 Å². The lowest BCUT2D eigenvalue weighted by Gasteiger charge is -2.46. The number of aryl methyl sites for hydroxylation is 1. The normalized spacial score (nSPS) is 13.1. The van der Waals surface area contributed by atoms with Crippen molar-refractivity contribution in [1.29, 1.82) is 0 Å². The monoisotopic (exact) mass is 748 g/mol. The number of rotatable bonds is 6. The first-order valence-electron chi connectivity index (χ1n) is 20.1. The molecular formula is C52H37BN2OS. The van der Waals surface area contributed by atoms with E-state index in [1.165, 1.54) is 70.3 Å². The van der Waals surface area contributed by atoms with Gasteiger partial charge in [0.2, 0.25) is 0 Å². The smallest absolute Gasteiger partial charge is 0.333 e. The maximum Gasteiger partial charge on any atom is 0.333 e. The van der Waals surface area contributed by atoms with Crippen LogP contribution in [0, 0.1) is 0 Å². The molecule has 10 aromatic rings. The number of anilines is 5. The fourth-order valence-electron chi connectivity index (χ4n) is 9.65. The maximum absolute atomic E-state index is 7.12. The summed E-state index contributed by atoms with van der Waals surface area (Å²) in [5.74, 6) is 0. The second-order valence-electron chi connectivity index (χ2n) is 15.4. The molecule has 0 N–H and O–H groups in total. The molecule has 2 aromatic heterocycles. The molecule has 0 saturated heterocycles. The second kappa shape index (κ2) is 12.7. The van der Waals surface area contributed by atoms with Crippen LogP contribution in [0.5, 0.6) is 0 Å². The van der Waals surface area contributed by atoms with Crippen molar-refractivity contribution in [3.63, 3.8) is 0 Å². The Bertz CT molecular complexity index is 3200. The van der Waals surface area contributed by atoms with Gasteiger partial charge in [-0.3, -0.25) is 0 Å². The lowest BCUT2D eigenvalue weighted by molar-refractivity contribution is 0.669. The first-order valence-corrected chi connectivity index (χ1v) is 20.9. The van der Waals surface area contributed by atoms with Crippen molar-refractivity contribution < 1.29 is 4.42 Å². The quantitative estimate of drug-likeness (QED) is 0.158. The lowest BCUT2D eigenvalue weighted by atomic mass is 9.43. The predicted octanol–water partition coefficient (Wildman–Crippen LogP) is 13.7. The summed E-state index contributed by atoms with van der Waals surface area (Å²) in [7, 11) is 0. The average Bonchev–Trinajstić information content (AvgIpc) is 3.83. The molecule has 0 atom stereocenters. The summed E-state index contributed by atoms with van der Waals surface area (Å²) in [6.45, 7) is 2.15. The fourth-order valence-corrected chi connectivity index (χ4v) is 10.8. The summed E-state index contributed by atoms with van der Waals surface area (Å²) in [5.41, 5.74) is 16.5. The van der Waals surface area contributed by atoms with Gasteiger partial charge in [0, 0.05) is 59.1 Å². The Morgan fingerprint density at radius 2 is 1.32 bits per heavy atom. The maximum atomic E-state index is 7.12. The van der Waals surface area contributed by atoms with E-state index in [0.717, 1.165) is 58.3 Å². The average molecular weight is 749 g/mol. The second-order valence-corrected chi connectivity index (χ2v) is 16.5. The molecule has 0 unspecified atom stereocenters. The number of hydrogen-bond acceptors (Lipinski definition) is 4. The van der Waals surface area contributed by atoms with Crippen LogP contribution in [0.25, 0.3) is 64.4 Å². The highest BCUT2D eigenvalue weighted by molar-refractivity contribution is 7.26. The van der Waals surface area contributed by atoms with Gasteiger partial charge in [0.15, 0.2) is 5.58 Å². The number of unbranched alkanes of at least 4 members (excludes halogenated alkanes) is 1. The van der Waals surface area contributed by atoms with E-state index < -0.39 is 0 Å². The van der Waals surface area contributed by atoms with E-state index in [-0.39, 0.29) is 6.85 Å². The SMILES string of the molecule is CCCCc1ccc(N2c3cc4sc5ccccc5c4cc3B3c4c(cc5c(oc6ccccc65)c42)-c2ccccc2N3c2ccccc2)c(-c2ccccc2)c1. The van der Waals surface area contributed by atoms with E-state index in [0.29, 0.717) is 0 Å². The highest BCUT2D eigenvalue weighted by Gasteiger charge is 2.47. The van der Waals surface area contributed by atoms with Gasteiger partial charge in [0.1, 0.15) is 5.58 Å². The highest BCUT2D eigenvalue weighted by atomic mass is 32.1. The minimum atomic E-state index is -0.122. The molecule has 0 aliphatic carbocycles. The Balaban J connectivity index is 1.27. The van der Waals surface area contributed by atoms with E-state index >= 15 is 0 Å². The third-order valence-electron chi connectivity index (χ3n) is 12.2. The molecule has 4 heterocycles. The fraction of sp³-hybridized carbons (Fsp3) is 0.0769.